The summed E-state index contributed by atoms with van der Waals surface area (Å²) in [6.07, 6.45) is 5.22. The Labute approximate surface area is 174 Å². The molecule has 28 heavy (non-hydrogen) atoms. The number of fused-ring (bicyclic) bond motifs is 1. The van der Waals surface area contributed by atoms with Gasteiger partial charge >= 0.3 is 0 Å². The average molecular weight is 440 g/mol. The van der Waals surface area contributed by atoms with Gasteiger partial charge in [-0.15, -0.1) is 21.5 Å². The SMILES string of the molecule is NC(=O)c1c(NC(=O)CSc2nnc(NCC3CCCO3)s2)sc2c1CCC2. The van der Waals surface area contributed by atoms with Crippen molar-refractivity contribution in [3.8, 4) is 0 Å². The summed E-state index contributed by atoms with van der Waals surface area (Å²) in [5, 5.41) is 15.6. The van der Waals surface area contributed by atoms with Gasteiger partial charge in [0.15, 0.2) is 4.34 Å². The second-order valence-electron chi connectivity index (χ2n) is 6.65. The maximum Gasteiger partial charge on any atom is 0.251 e. The summed E-state index contributed by atoms with van der Waals surface area (Å²) < 4.78 is 6.29. The summed E-state index contributed by atoms with van der Waals surface area (Å²) in [5.74, 6) is -0.467. The highest BCUT2D eigenvalue weighted by atomic mass is 32.2. The lowest BCUT2D eigenvalue weighted by molar-refractivity contribution is -0.113. The molecule has 1 saturated heterocycles. The Morgan fingerprint density at radius 1 is 1.25 bits per heavy atom. The Kier molecular flexibility index (Phi) is 6.14. The largest absolute Gasteiger partial charge is 0.376 e. The van der Waals surface area contributed by atoms with E-state index >= 15 is 0 Å². The Balaban J connectivity index is 1.29. The monoisotopic (exact) mass is 439 g/mol. The number of aromatic nitrogens is 2. The first kappa shape index (κ1) is 19.6. The van der Waals surface area contributed by atoms with Crippen molar-refractivity contribution in [1.29, 1.82) is 0 Å². The zero-order valence-electron chi connectivity index (χ0n) is 15.2. The Hall–Kier alpha value is -1.69. The molecule has 1 aliphatic heterocycles. The van der Waals surface area contributed by atoms with Gasteiger partial charge in [-0.25, -0.2) is 0 Å². The second-order valence-corrected chi connectivity index (χ2v) is 9.96. The van der Waals surface area contributed by atoms with E-state index in [2.05, 4.69) is 20.8 Å². The summed E-state index contributed by atoms with van der Waals surface area (Å²) in [7, 11) is 0. The normalized spacial score (nSPS) is 18.2. The van der Waals surface area contributed by atoms with Crippen molar-refractivity contribution in [2.75, 3.05) is 29.5 Å². The van der Waals surface area contributed by atoms with Gasteiger partial charge in [-0.2, -0.15) is 0 Å². The number of aryl methyl sites for hydroxylation is 1. The van der Waals surface area contributed by atoms with E-state index in [0.29, 0.717) is 14.9 Å². The molecule has 1 atom stereocenters. The molecule has 2 aromatic heterocycles. The highest BCUT2D eigenvalue weighted by Crippen LogP contribution is 2.39. The standard InChI is InChI=1S/C17H21N5O3S3/c18-14(24)13-10-4-1-5-11(10)27-15(13)20-12(23)8-26-17-22-21-16(28-17)19-7-9-3-2-6-25-9/h9H,1-8H2,(H2,18,24)(H,19,21)(H,20,23). The summed E-state index contributed by atoms with van der Waals surface area (Å²) in [4.78, 5) is 25.3. The van der Waals surface area contributed by atoms with Gasteiger partial charge in [0.1, 0.15) is 5.00 Å². The quantitative estimate of drug-likeness (QED) is 0.541. The summed E-state index contributed by atoms with van der Waals surface area (Å²) in [6.45, 7) is 1.54. The zero-order valence-corrected chi connectivity index (χ0v) is 17.6. The molecule has 11 heteroatoms. The van der Waals surface area contributed by atoms with Crippen molar-refractivity contribution >= 4 is 56.4 Å². The van der Waals surface area contributed by atoms with Gasteiger partial charge in [0.2, 0.25) is 11.0 Å². The molecule has 1 aliphatic carbocycles. The van der Waals surface area contributed by atoms with Crippen molar-refractivity contribution in [3.63, 3.8) is 0 Å². The number of nitrogens with zero attached hydrogens (tertiary/aromatic N) is 2. The lowest BCUT2D eigenvalue weighted by atomic mass is 10.1. The number of rotatable bonds is 8. The predicted molar refractivity (Wildman–Crippen MR) is 112 cm³/mol. The topological polar surface area (TPSA) is 119 Å². The molecule has 4 rings (SSSR count). The van der Waals surface area contributed by atoms with Crippen LogP contribution >= 0.6 is 34.4 Å². The summed E-state index contributed by atoms with van der Waals surface area (Å²) in [6, 6.07) is 0. The van der Waals surface area contributed by atoms with Gasteiger partial charge in [-0.05, 0) is 37.7 Å². The van der Waals surface area contributed by atoms with Crippen molar-refractivity contribution in [2.45, 2.75) is 42.5 Å². The maximum atomic E-state index is 12.3. The molecular formula is C17H21N5O3S3. The molecule has 2 aliphatic rings. The number of carbonyl (C=O) groups excluding carboxylic acids is 2. The number of thiophene rings is 1. The number of nitrogens with two attached hydrogens (primary N) is 1. The molecule has 3 heterocycles. The molecule has 0 bridgehead atoms. The lowest BCUT2D eigenvalue weighted by Gasteiger charge is -2.08. The van der Waals surface area contributed by atoms with Gasteiger partial charge in [0.05, 0.1) is 17.4 Å². The number of primary amides is 1. The number of nitrogens with one attached hydrogen (secondary N) is 2. The number of hydrogen-bond donors (Lipinski definition) is 3. The van der Waals surface area contributed by atoms with Crippen molar-refractivity contribution in [2.24, 2.45) is 5.73 Å². The zero-order chi connectivity index (χ0) is 19.5. The van der Waals surface area contributed by atoms with Gasteiger partial charge < -0.3 is 21.1 Å². The molecule has 0 aromatic carbocycles. The molecule has 0 radical (unpaired) electrons. The highest BCUT2D eigenvalue weighted by Gasteiger charge is 2.26. The van der Waals surface area contributed by atoms with E-state index in [9.17, 15) is 9.59 Å². The third-order valence-corrected chi connectivity index (χ3v) is 7.88. The molecule has 1 unspecified atom stereocenters. The van der Waals surface area contributed by atoms with Crippen LogP contribution in [0.4, 0.5) is 10.1 Å². The first-order valence-electron chi connectivity index (χ1n) is 9.16. The number of carbonyl (C=O) groups is 2. The molecule has 2 aromatic rings. The highest BCUT2D eigenvalue weighted by molar-refractivity contribution is 8.01. The Morgan fingerprint density at radius 2 is 2.14 bits per heavy atom. The minimum atomic E-state index is -0.478. The summed E-state index contributed by atoms with van der Waals surface area (Å²) >= 11 is 4.20. The number of hydrogen-bond acceptors (Lipinski definition) is 9. The molecule has 1 fully saturated rings. The number of amides is 2. The predicted octanol–water partition coefficient (Wildman–Crippen LogP) is 2.51. The fraction of sp³-hybridized carbons (Fsp3) is 0.529. The van der Waals surface area contributed by atoms with Crippen LogP contribution in [0, 0.1) is 0 Å². The third-order valence-electron chi connectivity index (χ3n) is 4.66. The van der Waals surface area contributed by atoms with Crippen molar-refractivity contribution in [3.05, 3.63) is 16.0 Å². The molecule has 0 spiro atoms. The van der Waals surface area contributed by atoms with Crippen LogP contribution in [0.25, 0.3) is 0 Å². The van der Waals surface area contributed by atoms with Gasteiger partial charge in [0.25, 0.3) is 5.91 Å². The Morgan fingerprint density at radius 3 is 2.93 bits per heavy atom. The molecule has 8 nitrogen and oxygen atoms in total. The fourth-order valence-electron chi connectivity index (χ4n) is 3.39. The first-order chi connectivity index (χ1) is 13.6. The molecule has 2 amide bonds. The van der Waals surface area contributed by atoms with Crippen molar-refractivity contribution < 1.29 is 14.3 Å². The van der Waals surface area contributed by atoms with Crippen molar-refractivity contribution in [1.82, 2.24) is 10.2 Å². The van der Waals surface area contributed by atoms with Crippen LogP contribution in [0.3, 0.4) is 0 Å². The van der Waals surface area contributed by atoms with E-state index in [1.807, 2.05) is 0 Å². The maximum absolute atomic E-state index is 12.3. The fourth-order valence-corrected chi connectivity index (χ4v) is 6.26. The minimum absolute atomic E-state index is 0.184. The van der Waals surface area contributed by atoms with Crippen LogP contribution in [-0.2, 0) is 22.4 Å². The Bertz CT molecular complexity index is 876. The van der Waals surface area contributed by atoms with Crippen LogP contribution < -0.4 is 16.4 Å². The van der Waals surface area contributed by atoms with E-state index in [1.54, 1.807) is 0 Å². The number of thioether (sulfide) groups is 1. The van der Waals surface area contributed by atoms with Crippen LogP contribution in [0.5, 0.6) is 0 Å². The average Bonchev–Trinajstić information content (AvgIpc) is 3.42. The van der Waals surface area contributed by atoms with E-state index in [0.717, 1.165) is 60.8 Å². The van der Waals surface area contributed by atoms with Crippen LogP contribution in [0.1, 0.15) is 40.1 Å². The van der Waals surface area contributed by atoms with Gasteiger partial charge in [-0.3, -0.25) is 9.59 Å². The van der Waals surface area contributed by atoms with Crippen LogP contribution in [0.2, 0.25) is 0 Å². The molecule has 150 valence electrons. The van der Waals surface area contributed by atoms with E-state index in [1.165, 1.54) is 34.4 Å². The third kappa shape index (κ3) is 4.48. The van der Waals surface area contributed by atoms with Gasteiger partial charge in [0, 0.05) is 18.0 Å². The molecular weight excluding hydrogens is 418 g/mol. The number of ether oxygens (including phenoxy) is 1. The summed E-state index contributed by atoms with van der Waals surface area (Å²) in [5.41, 5.74) is 7.01. The van der Waals surface area contributed by atoms with Crippen LogP contribution in [0.15, 0.2) is 4.34 Å². The van der Waals surface area contributed by atoms with Gasteiger partial charge in [-0.1, -0.05) is 23.1 Å². The van der Waals surface area contributed by atoms with E-state index < -0.39 is 5.91 Å². The lowest BCUT2D eigenvalue weighted by Crippen LogP contribution is -2.18. The molecule has 0 saturated carbocycles. The first-order valence-corrected chi connectivity index (χ1v) is 11.8. The second kappa shape index (κ2) is 8.76. The van der Waals surface area contributed by atoms with Crippen LogP contribution in [-0.4, -0.2) is 47.0 Å². The minimum Gasteiger partial charge on any atom is -0.376 e. The molecule has 4 N–H and O–H groups in total. The van der Waals surface area contributed by atoms with E-state index in [4.69, 9.17) is 10.5 Å². The smallest absolute Gasteiger partial charge is 0.251 e. The van der Waals surface area contributed by atoms with E-state index in [-0.39, 0.29) is 17.8 Å². The number of anilines is 2.